The number of hydrogen-bond donors (Lipinski definition) is 2. The van der Waals surface area contributed by atoms with Crippen molar-refractivity contribution in [3.8, 4) is 0 Å². The Kier molecular flexibility index (Phi) is 5.38. The molecule has 2 rings (SSSR count). The van der Waals surface area contributed by atoms with E-state index in [0.717, 1.165) is 18.5 Å². The maximum Gasteiger partial charge on any atom is 0.193 e. The minimum Gasteiger partial charge on any atom is -0.370 e. The molecule has 0 amide bonds. The van der Waals surface area contributed by atoms with Crippen molar-refractivity contribution in [2.24, 2.45) is 10.7 Å². The van der Waals surface area contributed by atoms with E-state index >= 15 is 0 Å². The van der Waals surface area contributed by atoms with Gasteiger partial charge in [0, 0.05) is 12.2 Å². The predicted molar refractivity (Wildman–Crippen MR) is 90.8 cm³/mol. The second-order valence-corrected chi connectivity index (χ2v) is 5.18. The van der Waals surface area contributed by atoms with Crippen molar-refractivity contribution in [2.75, 3.05) is 11.9 Å². The van der Waals surface area contributed by atoms with E-state index in [2.05, 4.69) is 60.6 Å². The Labute approximate surface area is 126 Å². The molecule has 3 heteroatoms. The molecule has 110 valence electrons. The third kappa shape index (κ3) is 4.95. The van der Waals surface area contributed by atoms with E-state index < -0.39 is 0 Å². The van der Waals surface area contributed by atoms with Crippen LogP contribution >= 0.6 is 0 Å². The SMILES string of the molecule is CCc1ccc(NC(N)=NCCc2cccc(C)c2)cc1. The van der Waals surface area contributed by atoms with Crippen LogP contribution in [0, 0.1) is 6.92 Å². The number of nitrogens with two attached hydrogens (primary N) is 1. The lowest BCUT2D eigenvalue weighted by atomic mass is 10.1. The molecule has 3 nitrogen and oxygen atoms in total. The fourth-order valence-electron chi connectivity index (χ4n) is 2.18. The zero-order valence-corrected chi connectivity index (χ0v) is 12.8. The molecule has 2 aromatic rings. The number of rotatable bonds is 5. The number of nitrogens with zero attached hydrogens (tertiary/aromatic N) is 1. The normalized spacial score (nSPS) is 11.4. The van der Waals surface area contributed by atoms with Gasteiger partial charge in [0.1, 0.15) is 0 Å². The Hall–Kier alpha value is -2.29. The van der Waals surface area contributed by atoms with Gasteiger partial charge in [-0.05, 0) is 43.0 Å². The number of hydrogen-bond acceptors (Lipinski definition) is 1. The Morgan fingerprint density at radius 3 is 2.52 bits per heavy atom. The van der Waals surface area contributed by atoms with Crippen LogP contribution in [0.25, 0.3) is 0 Å². The summed E-state index contributed by atoms with van der Waals surface area (Å²) in [5, 5.41) is 3.12. The molecule has 3 N–H and O–H groups in total. The average Bonchev–Trinajstić information content (AvgIpc) is 2.48. The van der Waals surface area contributed by atoms with E-state index in [1.807, 2.05) is 12.1 Å². The number of nitrogens with one attached hydrogen (secondary N) is 1. The molecular formula is C18H23N3. The van der Waals surface area contributed by atoms with Crippen LogP contribution in [0.1, 0.15) is 23.6 Å². The molecule has 0 spiro atoms. The van der Waals surface area contributed by atoms with E-state index in [9.17, 15) is 0 Å². The highest BCUT2D eigenvalue weighted by Crippen LogP contribution is 2.09. The van der Waals surface area contributed by atoms with Gasteiger partial charge in [-0.2, -0.15) is 0 Å². The minimum atomic E-state index is 0.465. The van der Waals surface area contributed by atoms with Crippen LogP contribution < -0.4 is 11.1 Å². The quantitative estimate of drug-likeness (QED) is 0.650. The van der Waals surface area contributed by atoms with Gasteiger partial charge in [0.05, 0.1) is 0 Å². The number of aliphatic imine (C=N–C) groups is 1. The zero-order chi connectivity index (χ0) is 15.1. The van der Waals surface area contributed by atoms with Crippen molar-refractivity contribution in [3.63, 3.8) is 0 Å². The van der Waals surface area contributed by atoms with Gasteiger partial charge in [0.15, 0.2) is 5.96 Å². The molecule has 0 aliphatic rings. The molecule has 0 radical (unpaired) electrons. The summed E-state index contributed by atoms with van der Waals surface area (Å²) >= 11 is 0. The Morgan fingerprint density at radius 1 is 1.10 bits per heavy atom. The maximum absolute atomic E-state index is 5.91. The summed E-state index contributed by atoms with van der Waals surface area (Å²) in [6.45, 7) is 4.93. The van der Waals surface area contributed by atoms with E-state index in [1.165, 1.54) is 16.7 Å². The van der Waals surface area contributed by atoms with Crippen LogP contribution in [-0.2, 0) is 12.8 Å². The smallest absolute Gasteiger partial charge is 0.193 e. The molecule has 0 bridgehead atoms. The first-order chi connectivity index (χ1) is 10.2. The third-order valence-electron chi connectivity index (χ3n) is 3.40. The van der Waals surface area contributed by atoms with Crippen molar-refractivity contribution in [3.05, 3.63) is 65.2 Å². The van der Waals surface area contributed by atoms with E-state index in [0.29, 0.717) is 12.5 Å². The van der Waals surface area contributed by atoms with E-state index in [4.69, 9.17) is 5.73 Å². The minimum absolute atomic E-state index is 0.465. The molecule has 0 fully saturated rings. The first-order valence-electron chi connectivity index (χ1n) is 7.39. The summed E-state index contributed by atoms with van der Waals surface area (Å²) in [5.74, 6) is 0.465. The molecule has 0 unspecified atom stereocenters. The highest BCUT2D eigenvalue weighted by molar-refractivity contribution is 5.92. The summed E-state index contributed by atoms with van der Waals surface area (Å²) in [6.07, 6.45) is 1.94. The Bertz CT molecular complexity index is 600. The summed E-state index contributed by atoms with van der Waals surface area (Å²) < 4.78 is 0. The Balaban J connectivity index is 1.86. The van der Waals surface area contributed by atoms with Gasteiger partial charge in [-0.3, -0.25) is 4.99 Å². The first-order valence-corrected chi connectivity index (χ1v) is 7.39. The third-order valence-corrected chi connectivity index (χ3v) is 3.40. The number of anilines is 1. The fourth-order valence-corrected chi connectivity index (χ4v) is 2.18. The monoisotopic (exact) mass is 281 g/mol. The molecule has 0 aliphatic carbocycles. The molecular weight excluding hydrogens is 258 g/mol. The number of guanidine groups is 1. The zero-order valence-electron chi connectivity index (χ0n) is 12.8. The summed E-state index contributed by atoms with van der Waals surface area (Å²) in [5.41, 5.74) is 10.8. The molecule has 0 saturated carbocycles. The van der Waals surface area contributed by atoms with Gasteiger partial charge >= 0.3 is 0 Å². The predicted octanol–water partition coefficient (Wildman–Crippen LogP) is 3.53. The van der Waals surface area contributed by atoms with Crippen molar-refractivity contribution in [1.29, 1.82) is 0 Å². The second kappa shape index (κ2) is 7.48. The highest BCUT2D eigenvalue weighted by atomic mass is 15.1. The molecule has 2 aromatic carbocycles. The highest BCUT2D eigenvalue weighted by Gasteiger charge is 1.96. The Morgan fingerprint density at radius 2 is 1.86 bits per heavy atom. The number of aryl methyl sites for hydroxylation is 2. The van der Waals surface area contributed by atoms with Crippen LogP contribution in [0.3, 0.4) is 0 Å². The van der Waals surface area contributed by atoms with E-state index in [-0.39, 0.29) is 0 Å². The fraction of sp³-hybridized carbons (Fsp3) is 0.278. The molecule has 0 aromatic heterocycles. The van der Waals surface area contributed by atoms with Crippen LogP contribution in [-0.4, -0.2) is 12.5 Å². The molecule has 0 aliphatic heterocycles. The van der Waals surface area contributed by atoms with Gasteiger partial charge in [-0.25, -0.2) is 0 Å². The molecule has 0 atom stereocenters. The molecule has 0 heterocycles. The van der Waals surface area contributed by atoms with Gasteiger partial charge in [-0.1, -0.05) is 48.9 Å². The summed E-state index contributed by atoms with van der Waals surface area (Å²) in [4.78, 5) is 4.37. The topological polar surface area (TPSA) is 50.4 Å². The lowest BCUT2D eigenvalue weighted by molar-refractivity contribution is 0.962. The largest absolute Gasteiger partial charge is 0.370 e. The lowest BCUT2D eigenvalue weighted by Gasteiger charge is -2.06. The maximum atomic E-state index is 5.91. The van der Waals surface area contributed by atoms with Gasteiger partial charge in [-0.15, -0.1) is 0 Å². The van der Waals surface area contributed by atoms with Crippen molar-refractivity contribution in [2.45, 2.75) is 26.7 Å². The lowest BCUT2D eigenvalue weighted by Crippen LogP contribution is -2.23. The standard InChI is InChI=1S/C18H23N3/c1-3-15-7-9-17(10-8-15)21-18(19)20-12-11-16-6-4-5-14(2)13-16/h4-10,13H,3,11-12H2,1-2H3,(H3,19,20,21). The van der Waals surface area contributed by atoms with Gasteiger partial charge in [0.2, 0.25) is 0 Å². The number of benzene rings is 2. The van der Waals surface area contributed by atoms with E-state index in [1.54, 1.807) is 0 Å². The average molecular weight is 281 g/mol. The van der Waals surface area contributed by atoms with Crippen molar-refractivity contribution >= 4 is 11.6 Å². The molecule has 0 saturated heterocycles. The van der Waals surface area contributed by atoms with Gasteiger partial charge < -0.3 is 11.1 Å². The summed E-state index contributed by atoms with van der Waals surface area (Å²) in [7, 11) is 0. The first kappa shape index (κ1) is 15.1. The van der Waals surface area contributed by atoms with Crippen LogP contribution in [0.2, 0.25) is 0 Å². The van der Waals surface area contributed by atoms with Crippen LogP contribution in [0.15, 0.2) is 53.5 Å². The van der Waals surface area contributed by atoms with Crippen molar-refractivity contribution in [1.82, 2.24) is 0 Å². The van der Waals surface area contributed by atoms with Crippen LogP contribution in [0.5, 0.6) is 0 Å². The van der Waals surface area contributed by atoms with Crippen molar-refractivity contribution < 1.29 is 0 Å². The summed E-state index contributed by atoms with van der Waals surface area (Å²) in [6, 6.07) is 16.7. The van der Waals surface area contributed by atoms with Gasteiger partial charge in [0.25, 0.3) is 0 Å². The van der Waals surface area contributed by atoms with Crippen LogP contribution in [0.4, 0.5) is 5.69 Å². The second-order valence-electron chi connectivity index (χ2n) is 5.18. The molecule has 21 heavy (non-hydrogen) atoms.